The van der Waals surface area contributed by atoms with Crippen molar-refractivity contribution in [3.05, 3.63) is 59.9 Å². The molecular weight excluding hydrogens is 317 g/mol. The highest BCUT2D eigenvalue weighted by molar-refractivity contribution is 7.90. The minimum Gasteiger partial charge on any atom is -0.325 e. The quantitative estimate of drug-likeness (QED) is 0.913. The van der Waals surface area contributed by atoms with Crippen LogP contribution in [0.5, 0.6) is 0 Å². The van der Waals surface area contributed by atoms with Gasteiger partial charge in [-0.3, -0.25) is 4.79 Å². The molecule has 1 amide bonds. The first-order chi connectivity index (χ1) is 10.8. The van der Waals surface area contributed by atoms with Crippen molar-refractivity contribution in [3.63, 3.8) is 0 Å². The fourth-order valence-electron chi connectivity index (χ4n) is 2.24. The third kappa shape index (κ3) is 4.39. The van der Waals surface area contributed by atoms with Crippen LogP contribution < -0.4 is 5.32 Å². The number of sulfone groups is 1. The first-order valence-electron chi connectivity index (χ1n) is 7.12. The van der Waals surface area contributed by atoms with Crippen LogP contribution in [0.4, 0.5) is 10.1 Å². The first-order valence-corrected chi connectivity index (χ1v) is 9.01. The number of halogens is 1. The van der Waals surface area contributed by atoms with Gasteiger partial charge in [-0.2, -0.15) is 0 Å². The van der Waals surface area contributed by atoms with Gasteiger partial charge >= 0.3 is 0 Å². The number of nitrogens with one attached hydrogen (secondary N) is 1. The minimum absolute atomic E-state index is 0.0615. The molecule has 0 aliphatic carbocycles. The molecule has 1 atom stereocenters. The lowest BCUT2D eigenvalue weighted by Gasteiger charge is -2.14. The molecule has 1 N–H and O–H groups in total. The molecule has 0 saturated heterocycles. The van der Waals surface area contributed by atoms with E-state index in [0.29, 0.717) is 5.56 Å². The van der Waals surface area contributed by atoms with Gasteiger partial charge in [0.05, 0.1) is 10.6 Å². The van der Waals surface area contributed by atoms with Gasteiger partial charge in [-0.1, -0.05) is 37.3 Å². The number of para-hydroxylation sites is 1. The zero-order chi connectivity index (χ0) is 17.0. The van der Waals surface area contributed by atoms with Crippen molar-refractivity contribution in [3.8, 4) is 0 Å². The van der Waals surface area contributed by atoms with Gasteiger partial charge in [-0.25, -0.2) is 12.8 Å². The fraction of sp³-hybridized carbons (Fsp3) is 0.235. The van der Waals surface area contributed by atoms with Crippen LogP contribution in [0.25, 0.3) is 0 Å². The van der Waals surface area contributed by atoms with Gasteiger partial charge in [-0.05, 0) is 30.2 Å². The Bertz CT molecular complexity index is 818. The van der Waals surface area contributed by atoms with E-state index in [4.69, 9.17) is 0 Å². The van der Waals surface area contributed by atoms with Crippen LogP contribution in [0.1, 0.15) is 12.5 Å². The van der Waals surface area contributed by atoms with Crippen molar-refractivity contribution in [2.24, 2.45) is 5.92 Å². The molecule has 2 aromatic rings. The third-order valence-electron chi connectivity index (χ3n) is 3.48. The molecule has 2 rings (SSSR count). The van der Waals surface area contributed by atoms with E-state index < -0.39 is 15.8 Å². The van der Waals surface area contributed by atoms with Gasteiger partial charge in [-0.15, -0.1) is 0 Å². The molecule has 2 aromatic carbocycles. The molecule has 6 heteroatoms. The second-order valence-electron chi connectivity index (χ2n) is 5.45. The topological polar surface area (TPSA) is 63.2 Å². The molecule has 0 heterocycles. The number of amides is 1. The average Bonchev–Trinajstić information content (AvgIpc) is 2.49. The van der Waals surface area contributed by atoms with Crippen LogP contribution >= 0.6 is 0 Å². The van der Waals surface area contributed by atoms with Crippen molar-refractivity contribution in [1.29, 1.82) is 0 Å². The Morgan fingerprint density at radius 1 is 1.13 bits per heavy atom. The number of carbonyl (C=O) groups is 1. The van der Waals surface area contributed by atoms with E-state index in [2.05, 4.69) is 5.32 Å². The summed E-state index contributed by atoms with van der Waals surface area (Å²) in [4.78, 5) is 12.3. The van der Waals surface area contributed by atoms with E-state index in [1.165, 1.54) is 18.2 Å². The second kappa shape index (κ2) is 6.91. The number of hydrogen-bond acceptors (Lipinski definition) is 3. The molecule has 122 valence electrons. The van der Waals surface area contributed by atoms with Gasteiger partial charge in [0, 0.05) is 12.2 Å². The molecule has 0 spiro atoms. The van der Waals surface area contributed by atoms with Gasteiger partial charge in [0.2, 0.25) is 5.91 Å². The molecule has 0 aliphatic heterocycles. The lowest BCUT2D eigenvalue weighted by molar-refractivity contribution is -0.119. The lowest BCUT2D eigenvalue weighted by Crippen LogP contribution is -2.23. The highest BCUT2D eigenvalue weighted by atomic mass is 32.2. The van der Waals surface area contributed by atoms with Crippen molar-refractivity contribution in [1.82, 2.24) is 0 Å². The Balaban J connectivity index is 2.15. The highest BCUT2D eigenvalue weighted by Crippen LogP contribution is 2.22. The standard InChI is InChI=1S/C17H18FNO3S/c1-12(11-13-7-3-4-8-14(13)18)17(20)19-15-9-5-6-10-16(15)23(2,21)22/h3-10,12H,11H2,1-2H3,(H,19,20)/t12-/m0/s1. The summed E-state index contributed by atoms with van der Waals surface area (Å²) in [5.41, 5.74) is 0.687. The minimum atomic E-state index is -3.45. The summed E-state index contributed by atoms with van der Waals surface area (Å²) in [5, 5.41) is 2.62. The Morgan fingerprint density at radius 2 is 1.74 bits per heavy atom. The maximum atomic E-state index is 13.6. The maximum absolute atomic E-state index is 13.6. The van der Waals surface area contributed by atoms with Crippen molar-refractivity contribution in [2.45, 2.75) is 18.2 Å². The van der Waals surface area contributed by atoms with Gasteiger partial charge in [0.25, 0.3) is 0 Å². The maximum Gasteiger partial charge on any atom is 0.227 e. The van der Waals surface area contributed by atoms with E-state index in [-0.39, 0.29) is 28.7 Å². The van der Waals surface area contributed by atoms with E-state index in [1.807, 2.05) is 0 Å². The van der Waals surface area contributed by atoms with E-state index in [9.17, 15) is 17.6 Å². The molecule has 0 saturated carbocycles. The van der Waals surface area contributed by atoms with Gasteiger partial charge in [0.15, 0.2) is 9.84 Å². The zero-order valence-electron chi connectivity index (χ0n) is 12.9. The molecule has 0 bridgehead atoms. The molecule has 23 heavy (non-hydrogen) atoms. The van der Waals surface area contributed by atoms with Crippen LogP contribution in [0.3, 0.4) is 0 Å². The smallest absolute Gasteiger partial charge is 0.227 e. The molecule has 0 aromatic heterocycles. The van der Waals surface area contributed by atoms with Gasteiger partial charge < -0.3 is 5.32 Å². The number of benzene rings is 2. The van der Waals surface area contributed by atoms with E-state index in [0.717, 1.165) is 6.26 Å². The van der Waals surface area contributed by atoms with Crippen LogP contribution in [0.2, 0.25) is 0 Å². The number of rotatable bonds is 5. The SMILES string of the molecule is C[C@@H](Cc1ccccc1F)C(=O)Nc1ccccc1S(C)(=O)=O. The summed E-state index contributed by atoms with van der Waals surface area (Å²) in [7, 11) is -3.45. The zero-order valence-corrected chi connectivity index (χ0v) is 13.7. The number of carbonyl (C=O) groups excluding carboxylic acids is 1. The molecule has 4 nitrogen and oxygen atoms in total. The lowest BCUT2D eigenvalue weighted by atomic mass is 10.00. The second-order valence-corrected chi connectivity index (χ2v) is 7.44. The molecule has 0 fully saturated rings. The Morgan fingerprint density at radius 3 is 2.39 bits per heavy atom. The van der Waals surface area contributed by atoms with Crippen LogP contribution in [0, 0.1) is 11.7 Å². The largest absolute Gasteiger partial charge is 0.325 e. The predicted molar refractivity (Wildman–Crippen MR) is 87.4 cm³/mol. The Hall–Kier alpha value is -2.21. The molecule has 0 aliphatic rings. The summed E-state index contributed by atoms with van der Waals surface area (Å²) in [5.74, 6) is -1.22. The third-order valence-corrected chi connectivity index (χ3v) is 4.63. The van der Waals surface area contributed by atoms with Gasteiger partial charge in [0.1, 0.15) is 5.82 Å². The van der Waals surface area contributed by atoms with Crippen LogP contribution in [0.15, 0.2) is 53.4 Å². The number of hydrogen-bond donors (Lipinski definition) is 1. The molecule has 0 unspecified atom stereocenters. The summed E-state index contributed by atoms with van der Waals surface area (Å²) in [6.45, 7) is 1.67. The van der Waals surface area contributed by atoms with Crippen LogP contribution in [-0.2, 0) is 21.1 Å². The summed E-state index contributed by atoms with van der Waals surface area (Å²) in [6.07, 6.45) is 1.32. The van der Waals surface area contributed by atoms with E-state index >= 15 is 0 Å². The highest BCUT2D eigenvalue weighted by Gasteiger charge is 2.19. The first kappa shape index (κ1) is 17.1. The van der Waals surface area contributed by atoms with Crippen molar-refractivity contribution >= 4 is 21.4 Å². The molecular formula is C17H18FNO3S. The summed E-state index contributed by atoms with van der Waals surface area (Å²) < 4.78 is 37.1. The fourth-order valence-corrected chi connectivity index (χ4v) is 3.08. The molecule has 0 radical (unpaired) electrons. The number of anilines is 1. The van der Waals surface area contributed by atoms with E-state index in [1.54, 1.807) is 37.3 Å². The van der Waals surface area contributed by atoms with Crippen LogP contribution in [-0.4, -0.2) is 20.6 Å². The predicted octanol–water partition coefficient (Wildman–Crippen LogP) is 3.05. The Kier molecular flexibility index (Phi) is 5.15. The monoisotopic (exact) mass is 335 g/mol. The summed E-state index contributed by atoms with van der Waals surface area (Å²) >= 11 is 0. The summed E-state index contributed by atoms with van der Waals surface area (Å²) in [6, 6.07) is 12.5. The normalized spacial score (nSPS) is 12.7. The van der Waals surface area contributed by atoms with Crippen molar-refractivity contribution in [2.75, 3.05) is 11.6 Å². The Labute approximate surface area is 135 Å². The van der Waals surface area contributed by atoms with Crippen molar-refractivity contribution < 1.29 is 17.6 Å². The average molecular weight is 335 g/mol.